The standard InChI is InChI=1S/C22H34N2O2/c1-18-7-6-8-19(15-18)22(9-4-3-5-10-22)20(25)24-16-21(17-26-2)11-13-23-14-12-21/h6-8,15,23H,3-5,9-14,16-17H2,1-2H3,(H,24,25). The molecule has 0 unspecified atom stereocenters. The normalized spacial score (nSPS) is 21.9. The molecule has 26 heavy (non-hydrogen) atoms. The SMILES string of the molecule is COCC1(CNC(=O)C2(c3cccc(C)c3)CCCCC2)CCNCC1. The Hall–Kier alpha value is -1.39. The molecular formula is C22H34N2O2. The molecule has 2 fully saturated rings. The molecule has 3 rings (SSSR count). The van der Waals surface area contributed by atoms with Crippen molar-refractivity contribution in [3.05, 3.63) is 35.4 Å². The fourth-order valence-electron chi connectivity index (χ4n) is 4.82. The molecule has 1 aromatic rings. The Morgan fingerprint density at radius 1 is 1.15 bits per heavy atom. The minimum absolute atomic E-state index is 0.0676. The number of amides is 1. The van der Waals surface area contributed by atoms with Crippen LogP contribution in [0.2, 0.25) is 0 Å². The van der Waals surface area contributed by atoms with E-state index >= 15 is 0 Å². The Balaban J connectivity index is 1.77. The lowest BCUT2D eigenvalue weighted by Crippen LogP contribution is -2.52. The summed E-state index contributed by atoms with van der Waals surface area (Å²) in [5, 5.41) is 6.78. The first kappa shape index (κ1) is 19.4. The Kier molecular flexibility index (Phi) is 6.36. The molecule has 1 aromatic carbocycles. The molecule has 1 saturated heterocycles. The van der Waals surface area contributed by atoms with Crippen LogP contribution >= 0.6 is 0 Å². The van der Waals surface area contributed by atoms with Crippen molar-refractivity contribution in [3.8, 4) is 0 Å². The summed E-state index contributed by atoms with van der Waals surface area (Å²) in [7, 11) is 1.76. The maximum Gasteiger partial charge on any atom is 0.230 e. The smallest absolute Gasteiger partial charge is 0.230 e. The zero-order valence-electron chi connectivity index (χ0n) is 16.4. The van der Waals surface area contributed by atoms with Gasteiger partial charge in [0, 0.05) is 19.1 Å². The van der Waals surface area contributed by atoms with Gasteiger partial charge in [-0.15, -0.1) is 0 Å². The molecule has 1 aliphatic heterocycles. The number of rotatable bonds is 6. The van der Waals surface area contributed by atoms with Gasteiger partial charge in [0.25, 0.3) is 0 Å². The fraction of sp³-hybridized carbons (Fsp3) is 0.682. The maximum atomic E-state index is 13.5. The lowest BCUT2D eigenvalue weighted by Gasteiger charge is -2.40. The van der Waals surface area contributed by atoms with Gasteiger partial charge in [0.2, 0.25) is 5.91 Å². The summed E-state index contributed by atoms with van der Waals surface area (Å²) in [5.41, 5.74) is 2.14. The Morgan fingerprint density at radius 3 is 2.54 bits per heavy atom. The number of benzene rings is 1. The van der Waals surface area contributed by atoms with Crippen LogP contribution in [-0.2, 0) is 14.9 Å². The highest BCUT2D eigenvalue weighted by molar-refractivity contribution is 5.88. The first-order chi connectivity index (χ1) is 12.6. The fourth-order valence-corrected chi connectivity index (χ4v) is 4.82. The number of hydrogen-bond donors (Lipinski definition) is 2. The van der Waals surface area contributed by atoms with Gasteiger partial charge in [-0.05, 0) is 51.3 Å². The van der Waals surface area contributed by atoms with Crippen LogP contribution in [0, 0.1) is 12.3 Å². The number of carbonyl (C=O) groups excluding carboxylic acids is 1. The van der Waals surface area contributed by atoms with Crippen LogP contribution in [-0.4, -0.2) is 39.3 Å². The first-order valence-electron chi connectivity index (χ1n) is 10.2. The van der Waals surface area contributed by atoms with Gasteiger partial charge in [-0.2, -0.15) is 0 Å². The minimum atomic E-state index is -0.356. The number of nitrogens with one attached hydrogen (secondary N) is 2. The molecule has 1 aliphatic carbocycles. The predicted molar refractivity (Wildman–Crippen MR) is 105 cm³/mol. The Morgan fingerprint density at radius 2 is 1.88 bits per heavy atom. The van der Waals surface area contributed by atoms with Crippen LogP contribution in [0.3, 0.4) is 0 Å². The van der Waals surface area contributed by atoms with Crippen molar-refractivity contribution in [3.63, 3.8) is 0 Å². The minimum Gasteiger partial charge on any atom is -0.384 e. The number of piperidine rings is 1. The van der Waals surface area contributed by atoms with E-state index in [1.54, 1.807) is 7.11 Å². The van der Waals surface area contributed by atoms with Crippen LogP contribution < -0.4 is 10.6 Å². The summed E-state index contributed by atoms with van der Waals surface area (Å²) in [6.07, 6.45) is 7.53. The van der Waals surface area contributed by atoms with Gasteiger partial charge < -0.3 is 15.4 Å². The zero-order valence-corrected chi connectivity index (χ0v) is 16.4. The van der Waals surface area contributed by atoms with E-state index in [2.05, 4.69) is 41.8 Å². The van der Waals surface area contributed by atoms with Crippen LogP contribution in [0.15, 0.2) is 24.3 Å². The van der Waals surface area contributed by atoms with E-state index in [0.29, 0.717) is 6.61 Å². The van der Waals surface area contributed by atoms with Crippen LogP contribution in [0.5, 0.6) is 0 Å². The van der Waals surface area contributed by atoms with Gasteiger partial charge in [0.15, 0.2) is 0 Å². The zero-order chi connectivity index (χ0) is 18.5. The number of methoxy groups -OCH3 is 1. The average Bonchev–Trinajstić information content (AvgIpc) is 2.68. The number of ether oxygens (including phenoxy) is 1. The van der Waals surface area contributed by atoms with Crippen LogP contribution in [0.1, 0.15) is 56.1 Å². The molecule has 144 valence electrons. The van der Waals surface area contributed by atoms with Crippen molar-refractivity contribution in [1.82, 2.24) is 10.6 Å². The molecule has 0 atom stereocenters. The molecule has 4 nitrogen and oxygen atoms in total. The van der Waals surface area contributed by atoms with Crippen molar-refractivity contribution >= 4 is 5.91 Å². The average molecular weight is 359 g/mol. The lowest BCUT2D eigenvalue weighted by molar-refractivity contribution is -0.129. The van der Waals surface area contributed by atoms with Crippen molar-refractivity contribution in [1.29, 1.82) is 0 Å². The summed E-state index contributed by atoms with van der Waals surface area (Å²) in [5.74, 6) is 0.219. The number of hydrogen-bond acceptors (Lipinski definition) is 3. The highest BCUT2D eigenvalue weighted by atomic mass is 16.5. The monoisotopic (exact) mass is 358 g/mol. The molecule has 2 aliphatic rings. The van der Waals surface area contributed by atoms with Gasteiger partial charge in [-0.1, -0.05) is 49.1 Å². The quantitative estimate of drug-likeness (QED) is 0.820. The first-order valence-corrected chi connectivity index (χ1v) is 10.2. The summed E-state index contributed by atoms with van der Waals surface area (Å²) >= 11 is 0. The van der Waals surface area contributed by atoms with E-state index in [1.165, 1.54) is 17.5 Å². The van der Waals surface area contributed by atoms with Gasteiger partial charge in [-0.3, -0.25) is 4.79 Å². The molecule has 4 heteroatoms. The highest BCUT2D eigenvalue weighted by Gasteiger charge is 2.42. The topological polar surface area (TPSA) is 50.4 Å². The molecule has 1 heterocycles. The second-order valence-corrected chi connectivity index (χ2v) is 8.38. The second-order valence-electron chi connectivity index (χ2n) is 8.38. The van der Waals surface area contributed by atoms with Crippen LogP contribution in [0.4, 0.5) is 0 Å². The molecule has 1 saturated carbocycles. The maximum absolute atomic E-state index is 13.5. The summed E-state index contributed by atoms with van der Waals surface area (Å²) in [6.45, 7) is 5.55. The van der Waals surface area contributed by atoms with E-state index in [1.807, 2.05) is 0 Å². The Labute approximate surface area is 158 Å². The lowest BCUT2D eigenvalue weighted by atomic mass is 9.68. The van der Waals surface area contributed by atoms with Gasteiger partial charge in [0.1, 0.15) is 0 Å². The largest absolute Gasteiger partial charge is 0.384 e. The van der Waals surface area contributed by atoms with Crippen molar-refractivity contribution in [2.45, 2.75) is 57.3 Å². The number of carbonyl (C=O) groups is 1. The molecule has 0 spiro atoms. The summed E-state index contributed by atoms with van der Waals surface area (Å²) < 4.78 is 5.51. The van der Waals surface area contributed by atoms with E-state index in [-0.39, 0.29) is 16.7 Å². The molecule has 0 aromatic heterocycles. The van der Waals surface area contributed by atoms with E-state index in [0.717, 1.165) is 58.2 Å². The second kappa shape index (κ2) is 8.53. The van der Waals surface area contributed by atoms with Crippen molar-refractivity contribution < 1.29 is 9.53 Å². The summed E-state index contributed by atoms with van der Waals surface area (Å²) in [4.78, 5) is 13.5. The number of aryl methyl sites for hydroxylation is 1. The molecular weight excluding hydrogens is 324 g/mol. The van der Waals surface area contributed by atoms with E-state index in [4.69, 9.17) is 4.74 Å². The van der Waals surface area contributed by atoms with Crippen LogP contribution in [0.25, 0.3) is 0 Å². The van der Waals surface area contributed by atoms with E-state index in [9.17, 15) is 4.79 Å². The van der Waals surface area contributed by atoms with Gasteiger partial charge in [-0.25, -0.2) is 0 Å². The third-order valence-electron chi connectivity index (χ3n) is 6.45. The molecule has 2 N–H and O–H groups in total. The predicted octanol–water partition coefficient (Wildman–Crippen LogP) is 3.33. The molecule has 0 radical (unpaired) electrons. The summed E-state index contributed by atoms with van der Waals surface area (Å²) in [6, 6.07) is 8.56. The van der Waals surface area contributed by atoms with E-state index < -0.39 is 0 Å². The third kappa shape index (κ3) is 4.12. The Bertz CT molecular complexity index is 596. The highest BCUT2D eigenvalue weighted by Crippen LogP contribution is 2.40. The van der Waals surface area contributed by atoms with Gasteiger partial charge in [0.05, 0.1) is 12.0 Å². The van der Waals surface area contributed by atoms with Gasteiger partial charge >= 0.3 is 0 Å². The molecule has 0 bridgehead atoms. The van der Waals surface area contributed by atoms with Crippen molar-refractivity contribution in [2.24, 2.45) is 5.41 Å². The van der Waals surface area contributed by atoms with Crippen molar-refractivity contribution in [2.75, 3.05) is 33.4 Å². The third-order valence-corrected chi connectivity index (χ3v) is 6.45. The molecule has 1 amide bonds.